The van der Waals surface area contributed by atoms with E-state index in [9.17, 15) is 19.2 Å². The minimum Gasteiger partial charge on any atom is -0.485 e. The second-order valence-corrected chi connectivity index (χ2v) is 11.8. The zero-order valence-corrected chi connectivity index (χ0v) is 28.1. The largest absolute Gasteiger partial charge is 0.485 e. The highest BCUT2D eigenvalue weighted by molar-refractivity contribution is 5.82. The highest BCUT2D eigenvalue weighted by Gasteiger charge is 2.56. The van der Waals surface area contributed by atoms with E-state index < -0.39 is 74.1 Å². The summed E-state index contributed by atoms with van der Waals surface area (Å²) < 4.78 is 56.2. The van der Waals surface area contributed by atoms with Gasteiger partial charge in [-0.05, 0) is 12.1 Å². The topological polar surface area (TPSA) is 161 Å². The van der Waals surface area contributed by atoms with Gasteiger partial charge in [-0.3, -0.25) is 0 Å². The van der Waals surface area contributed by atoms with Gasteiger partial charge in [-0.1, -0.05) is 54.0 Å². The van der Waals surface area contributed by atoms with Crippen molar-refractivity contribution in [2.75, 3.05) is 27.2 Å². The lowest BCUT2D eigenvalue weighted by Crippen LogP contribution is -2.61. The molecule has 0 bridgehead atoms. The Morgan fingerprint density at radius 2 is 0.800 bits per heavy atom. The standard InChI is InChI=1S/C36H38O14/c1-9-29(37)45-17-41-25-13-21-23(15-27(25)43-19-47-31(39)11-3)49-34-33(35(21,5)6)50-24-16-28(44-20-48-32(40)12-4)26(14-22(24)36(34,7)8)42-18-46-30(38)10-2/h9-16,33-34H,1-4,17-20H2,5-8H3. The minimum atomic E-state index is -0.745. The Bertz CT molecular complexity index is 1560. The molecular formula is C36H38O14. The average Bonchev–Trinajstić information content (AvgIpc) is 3.09. The van der Waals surface area contributed by atoms with E-state index in [2.05, 4.69) is 26.3 Å². The first-order valence-electron chi connectivity index (χ1n) is 15.1. The Morgan fingerprint density at radius 3 is 1.06 bits per heavy atom. The maximum Gasteiger partial charge on any atom is 0.333 e. The number of benzene rings is 2. The van der Waals surface area contributed by atoms with Crippen molar-refractivity contribution in [3.8, 4) is 34.5 Å². The fourth-order valence-corrected chi connectivity index (χ4v) is 5.33. The Labute approximate surface area is 288 Å². The van der Waals surface area contributed by atoms with Gasteiger partial charge >= 0.3 is 23.9 Å². The summed E-state index contributed by atoms with van der Waals surface area (Å²) in [4.78, 5) is 46.5. The van der Waals surface area contributed by atoms with Crippen LogP contribution in [0.2, 0.25) is 0 Å². The summed E-state index contributed by atoms with van der Waals surface area (Å²) in [6.45, 7) is 19.5. The van der Waals surface area contributed by atoms with Crippen LogP contribution in [0.4, 0.5) is 0 Å². The number of esters is 4. The molecule has 0 saturated carbocycles. The number of carbonyl (C=O) groups is 4. The molecule has 2 aliphatic rings. The zero-order chi connectivity index (χ0) is 36.6. The number of carbonyl (C=O) groups excluding carboxylic acids is 4. The Hall–Kier alpha value is -5.92. The van der Waals surface area contributed by atoms with Crippen molar-refractivity contribution < 1.29 is 66.5 Å². The predicted octanol–water partition coefficient (Wildman–Crippen LogP) is 4.73. The van der Waals surface area contributed by atoms with Crippen LogP contribution in [0.3, 0.4) is 0 Å². The first-order chi connectivity index (χ1) is 23.8. The van der Waals surface area contributed by atoms with Crippen LogP contribution >= 0.6 is 0 Å². The van der Waals surface area contributed by atoms with Gasteiger partial charge in [-0.15, -0.1) is 0 Å². The van der Waals surface area contributed by atoms with Gasteiger partial charge < -0.3 is 47.4 Å². The predicted molar refractivity (Wildman–Crippen MR) is 175 cm³/mol. The molecule has 0 radical (unpaired) electrons. The second kappa shape index (κ2) is 15.5. The normalized spacial score (nSPS) is 17.2. The number of ether oxygens (including phenoxy) is 10. The Kier molecular flexibility index (Phi) is 11.5. The third-order valence-electron chi connectivity index (χ3n) is 8.01. The quantitative estimate of drug-likeness (QED) is 0.103. The minimum absolute atomic E-state index is 0.142. The monoisotopic (exact) mass is 694 g/mol. The molecule has 4 rings (SSSR count). The van der Waals surface area contributed by atoms with E-state index in [1.54, 1.807) is 24.3 Å². The summed E-state index contributed by atoms with van der Waals surface area (Å²) in [5.74, 6) is -1.27. The lowest BCUT2D eigenvalue weighted by Gasteiger charge is -2.53. The van der Waals surface area contributed by atoms with E-state index in [0.29, 0.717) is 22.6 Å². The van der Waals surface area contributed by atoms with Gasteiger partial charge in [0.1, 0.15) is 23.7 Å². The smallest absolute Gasteiger partial charge is 0.333 e. The summed E-state index contributed by atoms with van der Waals surface area (Å²) in [6, 6.07) is 6.53. The van der Waals surface area contributed by atoms with Gasteiger partial charge in [-0.25, -0.2) is 19.2 Å². The van der Waals surface area contributed by atoms with E-state index in [4.69, 9.17) is 47.4 Å². The second-order valence-electron chi connectivity index (χ2n) is 11.8. The zero-order valence-electron chi connectivity index (χ0n) is 28.1. The van der Waals surface area contributed by atoms with E-state index in [1.807, 2.05) is 27.7 Å². The summed E-state index contributed by atoms with van der Waals surface area (Å²) in [5.41, 5.74) is -0.137. The fraction of sp³-hybridized carbons (Fsp3) is 0.333. The van der Waals surface area contributed by atoms with E-state index >= 15 is 0 Å². The SMILES string of the molecule is C=CC(=O)OCOc1cc2c(cc1OCOC(=O)C=C)C(C)(C)C1Oc3cc(OCOC(=O)C=C)c(OCOC(=O)C=C)cc3C(C)(C)C1O2. The molecular weight excluding hydrogens is 656 g/mol. The van der Waals surface area contributed by atoms with Gasteiger partial charge in [0.2, 0.25) is 27.2 Å². The summed E-state index contributed by atoms with van der Waals surface area (Å²) >= 11 is 0. The van der Waals surface area contributed by atoms with Crippen LogP contribution in [-0.2, 0) is 49.0 Å². The first kappa shape index (κ1) is 36.9. The van der Waals surface area contributed by atoms with Crippen LogP contribution in [0.5, 0.6) is 34.5 Å². The summed E-state index contributed by atoms with van der Waals surface area (Å²) in [5, 5.41) is 0. The van der Waals surface area contributed by atoms with Crippen LogP contribution in [0.15, 0.2) is 74.9 Å². The molecule has 2 unspecified atom stereocenters. The number of fused-ring (bicyclic) bond motifs is 3. The molecule has 0 fully saturated rings. The molecule has 2 heterocycles. The van der Waals surface area contributed by atoms with Crippen molar-refractivity contribution in [2.24, 2.45) is 0 Å². The maximum absolute atomic E-state index is 11.6. The van der Waals surface area contributed by atoms with E-state index in [-0.39, 0.29) is 23.0 Å². The molecule has 2 aromatic rings. The van der Waals surface area contributed by atoms with Crippen molar-refractivity contribution in [2.45, 2.75) is 50.7 Å². The lowest BCUT2D eigenvalue weighted by atomic mass is 9.65. The molecule has 50 heavy (non-hydrogen) atoms. The molecule has 0 saturated heterocycles. The molecule has 266 valence electrons. The van der Waals surface area contributed by atoms with Gasteiger partial charge in [0.15, 0.2) is 23.0 Å². The average molecular weight is 695 g/mol. The molecule has 2 atom stereocenters. The van der Waals surface area contributed by atoms with Crippen LogP contribution < -0.4 is 28.4 Å². The highest BCUT2D eigenvalue weighted by atomic mass is 16.7. The van der Waals surface area contributed by atoms with E-state index in [0.717, 1.165) is 24.3 Å². The van der Waals surface area contributed by atoms with Crippen molar-refractivity contribution in [3.05, 3.63) is 86.0 Å². The first-order valence-corrected chi connectivity index (χ1v) is 15.1. The Morgan fingerprint density at radius 1 is 0.540 bits per heavy atom. The van der Waals surface area contributed by atoms with Gasteiger partial charge in [0, 0.05) is 58.4 Å². The third kappa shape index (κ3) is 8.02. The van der Waals surface area contributed by atoms with Gasteiger partial charge in [0.25, 0.3) is 0 Å². The molecule has 0 aromatic heterocycles. The van der Waals surface area contributed by atoms with Crippen molar-refractivity contribution in [3.63, 3.8) is 0 Å². The fourth-order valence-electron chi connectivity index (χ4n) is 5.33. The van der Waals surface area contributed by atoms with Gasteiger partial charge in [-0.2, -0.15) is 0 Å². The van der Waals surface area contributed by atoms with Gasteiger partial charge in [0.05, 0.1) is 0 Å². The molecule has 2 aliphatic heterocycles. The number of hydrogen-bond donors (Lipinski definition) is 0. The van der Waals surface area contributed by atoms with Crippen molar-refractivity contribution in [1.82, 2.24) is 0 Å². The molecule has 2 aromatic carbocycles. The molecule has 14 heteroatoms. The molecule has 14 nitrogen and oxygen atoms in total. The third-order valence-corrected chi connectivity index (χ3v) is 8.01. The summed E-state index contributed by atoms with van der Waals surface area (Å²) in [6.07, 6.45) is 2.81. The highest BCUT2D eigenvalue weighted by Crippen LogP contribution is 2.55. The van der Waals surface area contributed by atoms with Crippen LogP contribution in [0.25, 0.3) is 0 Å². The van der Waals surface area contributed by atoms with Crippen LogP contribution in [-0.4, -0.2) is 63.3 Å². The number of rotatable bonds is 16. The van der Waals surface area contributed by atoms with Crippen molar-refractivity contribution in [1.29, 1.82) is 0 Å². The molecule has 0 aliphatic carbocycles. The Balaban J connectivity index is 1.72. The lowest BCUT2D eigenvalue weighted by molar-refractivity contribution is -0.146. The van der Waals surface area contributed by atoms with Crippen molar-refractivity contribution >= 4 is 23.9 Å². The van der Waals surface area contributed by atoms with E-state index in [1.165, 1.54) is 0 Å². The molecule has 0 N–H and O–H groups in total. The summed E-state index contributed by atoms with van der Waals surface area (Å²) in [7, 11) is 0. The van der Waals surface area contributed by atoms with Crippen LogP contribution in [0.1, 0.15) is 38.8 Å². The number of hydrogen-bond acceptors (Lipinski definition) is 14. The molecule has 0 amide bonds. The maximum atomic E-state index is 11.6. The van der Waals surface area contributed by atoms with Crippen LogP contribution in [0, 0.1) is 0 Å². The molecule has 0 spiro atoms.